The van der Waals surface area contributed by atoms with E-state index in [1.807, 2.05) is 18.2 Å². The lowest BCUT2D eigenvalue weighted by atomic mass is 10.00. The Morgan fingerprint density at radius 2 is 1.90 bits per heavy atom. The highest BCUT2D eigenvalue weighted by molar-refractivity contribution is 8.04. The molecule has 0 spiro atoms. The van der Waals surface area contributed by atoms with Crippen molar-refractivity contribution in [1.82, 2.24) is 0 Å². The van der Waals surface area contributed by atoms with E-state index in [1.54, 1.807) is 23.5 Å². The number of aliphatic carboxylic acids is 1. The first-order valence-electron chi connectivity index (χ1n) is 6.51. The van der Waals surface area contributed by atoms with Crippen LogP contribution in [0, 0.1) is 0 Å². The number of hydrogen-bond acceptors (Lipinski definition) is 3. The lowest BCUT2D eigenvalue weighted by molar-refractivity contribution is -0.133. The molecular formula is C14H16Cl2O2S2. The van der Waals surface area contributed by atoms with Gasteiger partial charge in [0.05, 0.1) is 15.8 Å². The van der Waals surface area contributed by atoms with Crippen LogP contribution >= 0.6 is 46.7 Å². The van der Waals surface area contributed by atoms with E-state index in [0.29, 0.717) is 20.5 Å². The van der Waals surface area contributed by atoms with Crippen molar-refractivity contribution in [3.63, 3.8) is 0 Å². The topological polar surface area (TPSA) is 37.3 Å². The Bertz CT molecular complexity index is 482. The zero-order chi connectivity index (χ0) is 14.5. The first-order valence-corrected chi connectivity index (χ1v) is 9.20. The van der Waals surface area contributed by atoms with Crippen molar-refractivity contribution in [2.24, 2.45) is 0 Å². The molecule has 0 radical (unpaired) electrons. The largest absolute Gasteiger partial charge is 0.481 e. The number of thioether (sulfide) groups is 2. The summed E-state index contributed by atoms with van der Waals surface area (Å²) >= 11 is 15.3. The minimum Gasteiger partial charge on any atom is -0.481 e. The SMILES string of the molecule is O=C(O)CSC1CCCCC1Sc1ccc(Cl)c(Cl)c1. The number of rotatable bonds is 5. The van der Waals surface area contributed by atoms with E-state index in [-0.39, 0.29) is 5.75 Å². The Morgan fingerprint density at radius 3 is 2.55 bits per heavy atom. The van der Waals surface area contributed by atoms with Crippen LogP contribution in [0.3, 0.4) is 0 Å². The van der Waals surface area contributed by atoms with Gasteiger partial charge in [0.1, 0.15) is 0 Å². The molecule has 2 rings (SSSR count). The van der Waals surface area contributed by atoms with Gasteiger partial charge in [-0.15, -0.1) is 23.5 Å². The third-order valence-electron chi connectivity index (χ3n) is 3.24. The summed E-state index contributed by atoms with van der Waals surface area (Å²) < 4.78 is 0. The predicted molar refractivity (Wildman–Crippen MR) is 88.5 cm³/mol. The van der Waals surface area contributed by atoms with E-state index in [2.05, 4.69) is 0 Å². The molecule has 6 heteroatoms. The quantitative estimate of drug-likeness (QED) is 0.790. The molecule has 0 heterocycles. The molecule has 0 bridgehead atoms. The molecule has 1 saturated carbocycles. The summed E-state index contributed by atoms with van der Waals surface area (Å²) in [5.41, 5.74) is 0. The minimum absolute atomic E-state index is 0.184. The third-order valence-corrected chi connectivity index (χ3v) is 6.95. The summed E-state index contributed by atoms with van der Waals surface area (Å²) in [5.74, 6) is -0.554. The fourth-order valence-corrected chi connectivity index (χ4v) is 5.35. The summed E-state index contributed by atoms with van der Waals surface area (Å²) in [6.07, 6.45) is 4.62. The van der Waals surface area contributed by atoms with Gasteiger partial charge < -0.3 is 5.11 Å². The number of halogens is 2. The second kappa shape index (κ2) is 7.83. The van der Waals surface area contributed by atoms with Gasteiger partial charge in [0, 0.05) is 15.4 Å². The van der Waals surface area contributed by atoms with E-state index in [1.165, 1.54) is 12.8 Å². The van der Waals surface area contributed by atoms with Crippen LogP contribution in [0.1, 0.15) is 25.7 Å². The Hall–Kier alpha value is -0.0300. The highest BCUT2D eigenvalue weighted by atomic mass is 35.5. The highest BCUT2D eigenvalue weighted by Gasteiger charge is 2.27. The fraction of sp³-hybridized carbons (Fsp3) is 0.500. The Balaban J connectivity index is 2.00. The van der Waals surface area contributed by atoms with E-state index >= 15 is 0 Å². The fourth-order valence-electron chi connectivity index (χ4n) is 2.29. The molecule has 0 aliphatic heterocycles. The summed E-state index contributed by atoms with van der Waals surface area (Å²) in [7, 11) is 0. The van der Waals surface area contributed by atoms with Gasteiger partial charge in [0.2, 0.25) is 0 Å². The molecule has 2 nitrogen and oxygen atoms in total. The molecule has 0 amide bonds. The molecular weight excluding hydrogens is 335 g/mol. The monoisotopic (exact) mass is 350 g/mol. The second-order valence-corrected chi connectivity index (χ2v) is 8.11. The first kappa shape index (κ1) is 16.3. The number of carboxylic acids is 1. The van der Waals surface area contributed by atoms with Crippen molar-refractivity contribution in [1.29, 1.82) is 0 Å². The maximum atomic E-state index is 10.7. The Morgan fingerprint density at radius 1 is 1.20 bits per heavy atom. The number of carboxylic acid groups (broad SMARTS) is 1. The molecule has 1 aliphatic carbocycles. The Kier molecular flexibility index (Phi) is 6.40. The average Bonchev–Trinajstić information content (AvgIpc) is 2.42. The summed E-state index contributed by atoms with van der Waals surface area (Å²) in [6.45, 7) is 0. The average molecular weight is 351 g/mol. The summed E-state index contributed by atoms with van der Waals surface area (Å²) in [6, 6.07) is 5.68. The molecule has 110 valence electrons. The lowest BCUT2D eigenvalue weighted by Crippen LogP contribution is -2.25. The van der Waals surface area contributed by atoms with Crippen molar-refractivity contribution in [2.75, 3.05) is 5.75 Å². The summed E-state index contributed by atoms with van der Waals surface area (Å²) in [5, 5.41) is 10.8. The van der Waals surface area contributed by atoms with Gasteiger partial charge >= 0.3 is 5.97 Å². The van der Waals surface area contributed by atoms with Crippen LogP contribution in [0.4, 0.5) is 0 Å². The number of hydrogen-bond donors (Lipinski definition) is 1. The van der Waals surface area contributed by atoms with Crippen molar-refractivity contribution in [3.05, 3.63) is 28.2 Å². The van der Waals surface area contributed by atoms with Crippen LogP contribution in [0.2, 0.25) is 10.0 Å². The molecule has 20 heavy (non-hydrogen) atoms. The van der Waals surface area contributed by atoms with E-state index in [0.717, 1.165) is 17.7 Å². The number of benzene rings is 1. The maximum absolute atomic E-state index is 10.7. The van der Waals surface area contributed by atoms with Crippen LogP contribution in [-0.4, -0.2) is 27.3 Å². The van der Waals surface area contributed by atoms with Gasteiger partial charge in [-0.2, -0.15) is 0 Å². The zero-order valence-electron chi connectivity index (χ0n) is 10.9. The molecule has 2 unspecified atom stereocenters. The molecule has 2 atom stereocenters. The van der Waals surface area contributed by atoms with Crippen LogP contribution in [0.25, 0.3) is 0 Å². The molecule has 0 saturated heterocycles. The number of carbonyl (C=O) groups is 1. The van der Waals surface area contributed by atoms with Gasteiger partial charge in [-0.3, -0.25) is 4.79 Å². The zero-order valence-corrected chi connectivity index (χ0v) is 14.0. The third kappa shape index (κ3) is 4.76. The van der Waals surface area contributed by atoms with Gasteiger partial charge in [-0.05, 0) is 31.0 Å². The maximum Gasteiger partial charge on any atom is 0.313 e. The molecule has 0 aromatic heterocycles. The van der Waals surface area contributed by atoms with Crippen LogP contribution in [0.5, 0.6) is 0 Å². The second-order valence-electron chi connectivity index (χ2n) is 4.76. The van der Waals surface area contributed by atoms with Crippen molar-refractivity contribution in [2.45, 2.75) is 41.1 Å². The van der Waals surface area contributed by atoms with Gasteiger partial charge in [-0.25, -0.2) is 0 Å². The molecule has 1 aliphatic rings. The predicted octanol–water partition coefficient (Wildman–Crippen LogP) is 5.21. The summed E-state index contributed by atoms with van der Waals surface area (Å²) in [4.78, 5) is 11.8. The standard InChI is InChI=1S/C14H16Cl2O2S2/c15-10-6-5-9(7-11(10)16)20-13-4-2-1-3-12(13)19-8-14(17)18/h5-7,12-13H,1-4,8H2,(H,17,18). The molecule has 1 aromatic carbocycles. The smallest absolute Gasteiger partial charge is 0.313 e. The normalized spacial score (nSPS) is 22.7. The Labute approximate surface area is 137 Å². The lowest BCUT2D eigenvalue weighted by Gasteiger charge is -2.30. The van der Waals surface area contributed by atoms with E-state index < -0.39 is 5.97 Å². The van der Waals surface area contributed by atoms with Crippen LogP contribution < -0.4 is 0 Å². The van der Waals surface area contributed by atoms with Gasteiger partial charge in [0.25, 0.3) is 0 Å². The highest BCUT2D eigenvalue weighted by Crippen LogP contribution is 2.40. The van der Waals surface area contributed by atoms with Crippen LogP contribution in [0.15, 0.2) is 23.1 Å². The molecule has 1 fully saturated rings. The van der Waals surface area contributed by atoms with Crippen LogP contribution in [-0.2, 0) is 4.79 Å². The van der Waals surface area contributed by atoms with E-state index in [4.69, 9.17) is 28.3 Å². The minimum atomic E-state index is -0.737. The van der Waals surface area contributed by atoms with Gasteiger partial charge in [0.15, 0.2) is 0 Å². The van der Waals surface area contributed by atoms with Crippen molar-refractivity contribution in [3.8, 4) is 0 Å². The van der Waals surface area contributed by atoms with Crippen molar-refractivity contribution >= 4 is 52.7 Å². The van der Waals surface area contributed by atoms with E-state index in [9.17, 15) is 4.79 Å². The molecule has 1 aromatic rings. The van der Waals surface area contributed by atoms with Crippen molar-refractivity contribution < 1.29 is 9.90 Å². The van der Waals surface area contributed by atoms with Gasteiger partial charge in [-0.1, -0.05) is 36.0 Å². The molecule has 1 N–H and O–H groups in total. The first-order chi connectivity index (χ1) is 9.56.